The number of likely N-dealkylation sites (tertiary alicyclic amines) is 1. The topological polar surface area (TPSA) is 125 Å². The first-order chi connectivity index (χ1) is 16.9. The lowest BCUT2D eigenvalue weighted by Gasteiger charge is -2.36. The standard InChI is InChI=1S/C26H42N3O6P/c1-6-8-16-36(33,34)26(17-18(26)7-2)28-22(30)20-14-11-15-29(20)23(31)21(25(3,4)5)27-24(32)35-19-12-9-10-13-19/h7-8,16,18-21H,2,6,9-15,17H2,1,3-5H3,(H,27,32)(H,28,30)(H,33,34)/b16-8-/t18-,20+,21-,26+/m1/s1. The minimum atomic E-state index is -3.85. The third kappa shape index (κ3) is 6.05. The highest BCUT2D eigenvalue weighted by Crippen LogP contribution is 2.70. The van der Waals surface area contributed by atoms with Gasteiger partial charge in [-0.1, -0.05) is 39.8 Å². The van der Waals surface area contributed by atoms with Gasteiger partial charge in [0, 0.05) is 12.5 Å². The number of rotatable bonds is 9. The molecule has 1 saturated heterocycles. The highest BCUT2D eigenvalue weighted by molar-refractivity contribution is 7.63. The molecule has 3 N–H and O–H groups in total. The molecule has 2 aliphatic carbocycles. The number of amides is 3. The van der Waals surface area contributed by atoms with Crippen LogP contribution in [0.2, 0.25) is 0 Å². The van der Waals surface area contributed by atoms with Gasteiger partial charge in [-0.3, -0.25) is 14.2 Å². The van der Waals surface area contributed by atoms with Gasteiger partial charge in [-0.25, -0.2) is 4.79 Å². The van der Waals surface area contributed by atoms with Gasteiger partial charge in [-0.05, 0) is 62.6 Å². The van der Waals surface area contributed by atoms with E-state index >= 15 is 0 Å². The van der Waals surface area contributed by atoms with Crippen molar-refractivity contribution in [3.8, 4) is 0 Å². The van der Waals surface area contributed by atoms with Crippen molar-refractivity contribution in [1.29, 1.82) is 0 Å². The number of hydrogen-bond acceptors (Lipinski definition) is 5. The number of nitrogens with zero attached hydrogens (tertiary/aromatic N) is 1. The molecule has 3 aliphatic rings. The Hall–Kier alpha value is -2.12. The van der Waals surface area contributed by atoms with Gasteiger partial charge in [-0.2, -0.15) is 0 Å². The Morgan fingerprint density at radius 1 is 1.22 bits per heavy atom. The minimum absolute atomic E-state index is 0.130. The second-order valence-corrected chi connectivity index (χ2v) is 13.7. The maximum atomic E-state index is 13.7. The van der Waals surface area contributed by atoms with Crippen LogP contribution in [0, 0.1) is 11.3 Å². The van der Waals surface area contributed by atoms with E-state index in [1.165, 1.54) is 10.7 Å². The van der Waals surface area contributed by atoms with Crippen LogP contribution in [0.5, 0.6) is 0 Å². The minimum Gasteiger partial charge on any atom is -0.446 e. The van der Waals surface area contributed by atoms with E-state index in [9.17, 15) is 23.8 Å². The molecule has 3 amide bonds. The van der Waals surface area contributed by atoms with Crippen molar-refractivity contribution in [3.05, 3.63) is 24.5 Å². The van der Waals surface area contributed by atoms with Gasteiger partial charge in [0.1, 0.15) is 23.5 Å². The highest BCUT2D eigenvalue weighted by atomic mass is 31.2. The van der Waals surface area contributed by atoms with Crippen LogP contribution in [-0.2, 0) is 18.9 Å². The monoisotopic (exact) mass is 523 g/mol. The largest absolute Gasteiger partial charge is 0.446 e. The van der Waals surface area contributed by atoms with Crippen molar-refractivity contribution in [2.24, 2.45) is 11.3 Å². The SMILES string of the molecule is C=C[C@@H]1C[C@]1(NC(=O)[C@@H]1CCCN1C(=O)[C@@H](NC(=O)OC1CCCC1)C(C)(C)C)P(=O)(O)/C=C\CC. The van der Waals surface area contributed by atoms with Crippen molar-refractivity contribution in [1.82, 2.24) is 15.5 Å². The maximum absolute atomic E-state index is 13.7. The van der Waals surface area contributed by atoms with E-state index in [0.29, 0.717) is 32.2 Å². The summed E-state index contributed by atoms with van der Waals surface area (Å²) in [5, 5.41) is 4.29. The highest BCUT2D eigenvalue weighted by Gasteiger charge is 2.65. The van der Waals surface area contributed by atoms with Crippen LogP contribution in [0.15, 0.2) is 24.5 Å². The van der Waals surface area contributed by atoms with E-state index in [1.54, 1.807) is 12.2 Å². The average Bonchev–Trinajstić information content (AvgIpc) is 3.15. The number of alkyl carbamates (subject to hydrolysis) is 1. The van der Waals surface area contributed by atoms with E-state index in [0.717, 1.165) is 25.7 Å². The average molecular weight is 524 g/mol. The van der Waals surface area contributed by atoms with E-state index in [1.807, 2.05) is 27.7 Å². The Labute approximate surface area is 214 Å². The fraction of sp³-hybridized carbons (Fsp3) is 0.731. The van der Waals surface area contributed by atoms with Crippen LogP contribution in [-0.4, -0.2) is 57.7 Å². The molecule has 5 atom stereocenters. The molecule has 0 aromatic rings. The zero-order valence-electron chi connectivity index (χ0n) is 22.0. The molecule has 1 unspecified atom stereocenters. The van der Waals surface area contributed by atoms with Gasteiger partial charge in [0.15, 0.2) is 0 Å². The third-order valence-corrected chi connectivity index (χ3v) is 9.90. The zero-order valence-corrected chi connectivity index (χ0v) is 22.9. The van der Waals surface area contributed by atoms with E-state index < -0.39 is 42.1 Å². The van der Waals surface area contributed by atoms with E-state index in [4.69, 9.17) is 4.74 Å². The summed E-state index contributed by atoms with van der Waals surface area (Å²) in [4.78, 5) is 51.9. The third-order valence-electron chi connectivity index (χ3n) is 7.51. The molecular weight excluding hydrogens is 481 g/mol. The predicted octanol–water partition coefficient (Wildman–Crippen LogP) is 4.27. The summed E-state index contributed by atoms with van der Waals surface area (Å²) in [5.74, 6) is 0.167. The lowest BCUT2D eigenvalue weighted by molar-refractivity contribution is -0.142. The first-order valence-electron chi connectivity index (χ1n) is 13.1. The molecule has 1 heterocycles. The first-order valence-corrected chi connectivity index (χ1v) is 14.8. The Balaban J connectivity index is 1.74. The number of hydrogen-bond donors (Lipinski definition) is 3. The number of carbonyl (C=O) groups is 3. The van der Waals surface area contributed by atoms with Gasteiger partial charge in [0.25, 0.3) is 0 Å². The summed E-state index contributed by atoms with van der Waals surface area (Å²) in [6, 6.07) is -1.67. The lowest BCUT2D eigenvalue weighted by atomic mass is 9.85. The summed E-state index contributed by atoms with van der Waals surface area (Å²) < 4.78 is 18.7. The summed E-state index contributed by atoms with van der Waals surface area (Å²) in [5.41, 5.74) is -0.618. The maximum Gasteiger partial charge on any atom is 0.408 e. The number of allylic oxidation sites excluding steroid dienone is 1. The molecule has 0 spiro atoms. The Morgan fingerprint density at radius 2 is 1.89 bits per heavy atom. The van der Waals surface area contributed by atoms with Gasteiger partial charge < -0.3 is 25.2 Å². The van der Waals surface area contributed by atoms with Crippen LogP contribution in [0.3, 0.4) is 0 Å². The smallest absolute Gasteiger partial charge is 0.408 e. The molecule has 202 valence electrons. The van der Waals surface area contributed by atoms with Gasteiger partial charge in [0.05, 0.1) is 0 Å². The van der Waals surface area contributed by atoms with E-state index in [2.05, 4.69) is 17.2 Å². The Kier molecular flexibility index (Phi) is 8.77. The molecule has 10 heteroatoms. The fourth-order valence-electron chi connectivity index (χ4n) is 5.25. The van der Waals surface area contributed by atoms with Crippen LogP contribution < -0.4 is 10.6 Å². The zero-order chi connectivity index (χ0) is 26.7. The van der Waals surface area contributed by atoms with Crippen LogP contribution in [0.1, 0.15) is 79.1 Å². The van der Waals surface area contributed by atoms with Gasteiger partial charge in [-0.15, -0.1) is 6.58 Å². The number of ether oxygens (including phenoxy) is 1. The Bertz CT molecular complexity index is 938. The molecule has 0 radical (unpaired) electrons. The predicted molar refractivity (Wildman–Crippen MR) is 138 cm³/mol. The number of nitrogens with one attached hydrogen (secondary N) is 2. The molecule has 0 aromatic carbocycles. The van der Waals surface area contributed by atoms with Crippen LogP contribution in [0.4, 0.5) is 4.79 Å². The van der Waals surface area contributed by atoms with E-state index in [-0.39, 0.29) is 17.9 Å². The molecule has 3 fully saturated rings. The molecule has 2 saturated carbocycles. The van der Waals surface area contributed by atoms with Crippen molar-refractivity contribution < 1.29 is 28.6 Å². The molecule has 0 bridgehead atoms. The van der Waals surface area contributed by atoms with Gasteiger partial charge >= 0.3 is 6.09 Å². The second kappa shape index (κ2) is 11.1. The van der Waals surface area contributed by atoms with Crippen molar-refractivity contribution in [3.63, 3.8) is 0 Å². The lowest BCUT2D eigenvalue weighted by Crippen LogP contribution is -2.58. The molecular formula is C26H42N3O6P. The van der Waals surface area contributed by atoms with Crippen LogP contribution >= 0.6 is 7.37 Å². The van der Waals surface area contributed by atoms with Crippen molar-refractivity contribution in [2.75, 3.05) is 6.54 Å². The quantitative estimate of drug-likeness (QED) is 0.306. The van der Waals surface area contributed by atoms with Crippen molar-refractivity contribution >= 4 is 25.3 Å². The van der Waals surface area contributed by atoms with Crippen molar-refractivity contribution in [2.45, 2.75) is 103 Å². The van der Waals surface area contributed by atoms with Gasteiger partial charge in [0.2, 0.25) is 19.2 Å². The summed E-state index contributed by atoms with van der Waals surface area (Å²) in [6.07, 6.45) is 8.15. The fourth-order valence-corrected chi connectivity index (χ4v) is 7.32. The first kappa shape index (κ1) is 28.5. The molecule has 3 rings (SSSR count). The summed E-state index contributed by atoms with van der Waals surface area (Å²) in [6.45, 7) is 11.5. The summed E-state index contributed by atoms with van der Waals surface area (Å²) >= 11 is 0. The second-order valence-electron chi connectivity index (χ2n) is 11.3. The Morgan fingerprint density at radius 3 is 2.44 bits per heavy atom. The molecule has 9 nitrogen and oxygen atoms in total. The van der Waals surface area contributed by atoms with Crippen LogP contribution in [0.25, 0.3) is 0 Å². The molecule has 0 aromatic heterocycles. The molecule has 36 heavy (non-hydrogen) atoms. The normalized spacial score (nSPS) is 29.0. The number of carbonyl (C=O) groups excluding carboxylic acids is 3. The summed E-state index contributed by atoms with van der Waals surface area (Å²) in [7, 11) is -3.85. The molecule has 1 aliphatic heterocycles.